The first kappa shape index (κ1) is 23.0. The number of halogens is 2. The maximum atomic E-state index is 13.7. The Morgan fingerprint density at radius 1 is 1.27 bits per heavy atom. The molecule has 0 bridgehead atoms. The van der Waals surface area contributed by atoms with E-state index in [2.05, 4.69) is 5.32 Å². The van der Waals surface area contributed by atoms with Gasteiger partial charge in [0.15, 0.2) is 11.6 Å². The van der Waals surface area contributed by atoms with Crippen LogP contribution in [-0.4, -0.2) is 36.6 Å². The van der Waals surface area contributed by atoms with Crippen molar-refractivity contribution in [3.63, 3.8) is 0 Å². The summed E-state index contributed by atoms with van der Waals surface area (Å²) >= 11 is 6.36. The number of nitrogens with one attached hydrogen (secondary N) is 2. The van der Waals surface area contributed by atoms with Gasteiger partial charge in [-0.25, -0.2) is 9.60 Å². The van der Waals surface area contributed by atoms with E-state index in [1.54, 1.807) is 6.92 Å². The fraction of sp³-hybridized carbons (Fsp3) is 0.273. The lowest BCUT2D eigenvalue weighted by Crippen LogP contribution is -2.99. The largest absolute Gasteiger partial charge is 0.595 e. The van der Waals surface area contributed by atoms with Crippen LogP contribution in [0.3, 0.4) is 0 Å². The highest BCUT2D eigenvalue weighted by Crippen LogP contribution is 2.53. The number of anilines is 1. The number of benzene rings is 2. The van der Waals surface area contributed by atoms with Crippen molar-refractivity contribution in [3.8, 4) is 17.2 Å². The van der Waals surface area contributed by atoms with Crippen molar-refractivity contribution in [1.29, 1.82) is 0 Å². The van der Waals surface area contributed by atoms with Gasteiger partial charge in [0, 0.05) is 35.5 Å². The van der Waals surface area contributed by atoms with Crippen LogP contribution in [-0.2, 0) is 4.79 Å². The van der Waals surface area contributed by atoms with E-state index in [1.807, 2.05) is 0 Å². The summed E-state index contributed by atoms with van der Waals surface area (Å²) in [5.74, 6) is -2.25. The van der Waals surface area contributed by atoms with Gasteiger partial charge < -0.3 is 24.7 Å². The summed E-state index contributed by atoms with van der Waals surface area (Å²) < 4.78 is 30.2. The van der Waals surface area contributed by atoms with Crippen molar-refractivity contribution in [3.05, 3.63) is 57.6 Å². The minimum Gasteiger partial charge on any atom is -0.595 e. The maximum Gasteiger partial charge on any atom is 0.236 e. The highest BCUT2D eigenvalue weighted by molar-refractivity contribution is 6.36. The van der Waals surface area contributed by atoms with Crippen LogP contribution in [0, 0.1) is 16.9 Å². The Morgan fingerprint density at radius 2 is 1.97 bits per heavy atom. The molecule has 0 amide bonds. The molecule has 0 saturated carbocycles. The Balaban J connectivity index is 1.69. The standard InChI is InChI=1S/C22H20ClFN2O7/c1-10-6-12(25-11-4-5-13(24)14(7-11)26(29)30)8-17(27)22(10)21(28)18-15(31-2)9-16(32-3)19(23)20(18)33-22/h4-5,7-10,25-26,29H,6H2,1-3H3. The number of fused-ring (bicyclic) bond motifs is 1. The molecule has 174 valence electrons. The fourth-order valence-corrected chi connectivity index (χ4v) is 4.43. The average Bonchev–Trinajstić information content (AvgIpc) is 3.09. The third-order valence-corrected chi connectivity index (χ3v) is 6.17. The van der Waals surface area contributed by atoms with E-state index in [4.69, 9.17) is 31.0 Å². The number of carbonyl (C=O) groups is 2. The summed E-state index contributed by atoms with van der Waals surface area (Å²) in [6.45, 7) is 1.68. The van der Waals surface area contributed by atoms with E-state index >= 15 is 0 Å². The van der Waals surface area contributed by atoms with E-state index in [0.29, 0.717) is 5.70 Å². The van der Waals surface area contributed by atoms with Crippen molar-refractivity contribution in [2.24, 2.45) is 5.92 Å². The molecule has 9 nitrogen and oxygen atoms in total. The maximum absolute atomic E-state index is 13.7. The van der Waals surface area contributed by atoms with Gasteiger partial charge in [0.25, 0.3) is 0 Å². The zero-order valence-corrected chi connectivity index (χ0v) is 18.6. The van der Waals surface area contributed by atoms with Gasteiger partial charge in [0.2, 0.25) is 22.9 Å². The molecular formula is C22H20ClFN2O7. The number of Topliss-reactive ketones (excluding diaryl/α,β-unsaturated/α-hetero) is 1. The average molecular weight is 479 g/mol. The number of quaternary nitrogens is 1. The number of allylic oxidation sites excluding steroid dienone is 1. The molecule has 2 aliphatic rings. The van der Waals surface area contributed by atoms with Crippen LogP contribution in [0.1, 0.15) is 23.7 Å². The highest BCUT2D eigenvalue weighted by atomic mass is 35.5. The van der Waals surface area contributed by atoms with Crippen LogP contribution < -0.4 is 24.8 Å². The second kappa shape index (κ2) is 8.31. The lowest BCUT2D eigenvalue weighted by Gasteiger charge is -2.35. The number of hydrogen-bond donors (Lipinski definition) is 3. The molecule has 2 aromatic carbocycles. The van der Waals surface area contributed by atoms with Gasteiger partial charge in [-0.15, -0.1) is 0 Å². The van der Waals surface area contributed by atoms with E-state index in [9.17, 15) is 19.2 Å². The number of ketones is 2. The molecule has 0 radical (unpaired) electrons. The van der Waals surface area contributed by atoms with Crippen LogP contribution in [0.25, 0.3) is 0 Å². The Morgan fingerprint density at radius 3 is 2.58 bits per heavy atom. The summed E-state index contributed by atoms with van der Waals surface area (Å²) in [7, 11) is 2.78. The predicted molar refractivity (Wildman–Crippen MR) is 115 cm³/mol. The normalized spacial score (nSPS) is 22.5. The molecule has 1 heterocycles. The molecule has 3 N–H and O–H groups in total. The highest BCUT2D eigenvalue weighted by Gasteiger charge is 2.60. The first-order valence-electron chi connectivity index (χ1n) is 9.87. The fourth-order valence-electron chi connectivity index (χ4n) is 4.17. The van der Waals surface area contributed by atoms with E-state index in [0.717, 1.165) is 12.1 Å². The number of methoxy groups -OCH3 is 2. The minimum absolute atomic E-state index is 0.0208. The lowest BCUT2D eigenvalue weighted by atomic mass is 9.74. The smallest absolute Gasteiger partial charge is 0.236 e. The van der Waals surface area contributed by atoms with Gasteiger partial charge in [0.05, 0.1) is 14.2 Å². The van der Waals surface area contributed by atoms with Crippen LogP contribution in [0.5, 0.6) is 17.2 Å². The first-order valence-corrected chi connectivity index (χ1v) is 10.2. The molecule has 0 saturated heterocycles. The molecule has 1 aliphatic carbocycles. The summed E-state index contributed by atoms with van der Waals surface area (Å²) in [6, 6.07) is 4.95. The van der Waals surface area contributed by atoms with E-state index in [-0.39, 0.29) is 39.9 Å². The van der Waals surface area contributed by atoms with Crippen LogP contribution in [0.15, 0.2) is 36.0 Å². The van der Waals surface area contributed by atoms with Gasteiger partial charge in [0.1, 0.15) is 22.1 Å². The molecule has 11 heteroatoms. The zero-order chi connectivity index (χ0) is 24.1. The molecular weight excluding hydrogens is 459 g/mol. The van der Waals surface area contributed by atoms with Gasteiger partial charge in [-0.05, 0) is 18.6 Å². The summed E-state index contributed by atoms with van der Waals surface area (Å²) in [5, 5.41) is 21.9. The van der Waals surface area contributed by atoms with Crippen LogP contribution in [0.2, 0.25) is 5.02 Å². The third kappa shape index (κ3) is 3.51. The topological polar surface area (TPSA) is 122 Å². The summed E-state index contributed by atoms with van der Waals surface area (Å²) in [5.41, 5.74) is -1.56. The second-order valence-corrected chi connectivity index (χ2v) is 8.11. The second-order valence-electron chi connectivity index (χ2n) is 7.73. The molecule has 3 unspecified atom stereocenters. The molecule has 33 heavy (non-hydrogen) atoms. The molecule has 4 rings (SSSR count). The summed E-state index contributed by atoms with van der Waals surface area (Å²) in [6.07, 6.45) is 1.44. The SMILES string of the molecule is COc1cc(OC)c2c(c1Cl)OC1(C(=O)C=C(Nc3ccc(F)c([NH+]([O-])O)c3)CC1C)C2=O. The van der Waals surface area contributed by atoms with Crippen LogP contribution >= 0.6 is 11.6 Å². The molecule has 3 atom stereocenters. The van der Waals surface area contributed by atoms with E-state index < -0.39 is 39.8 Å². The number of ether oxygens (including phenoxy) is 3. The predicted octanol–water partition coefficient (Wildman–Crippen LogP) is 2.82. The van der Waals surface area contributed by atoms with E-state index in [1.165, 1.54) is 32.4 Å². The summed E-state index contributed by atoms with van der Waals surface area (Å²) in [4.78, 5) is 26.7. The molecule has 1 spiro atoms. The molecule has 0 aromatic heterocycles. The number of hydrogen-bond acceptors (Lipinski definition) is 8. The van der Waals surface area contributed by atoms with Crippen molar-refractivity contribution in [2.45, 2.75) is 18.9 Å². The Kier molecular flexibility index (Phi) is 5.79. The molecule has 1 aliphatic heterocycles. The Labute approximate surface area is 192 Å². The molecule has 0 fully saturated rings. The van der Waals surface area contributed by atoms with Gasteiger partial charge in [-0.3, -0.25) is 9.59 Å². The van der Waals surface area contributed by atoms with Gasteiger partial charge >= 0.3 is 0 Å². The third-order valence-electron chi connectivity index (χ3n) is 5.81. The lowest BCUT2D eigenvalue weighted by molar-refractivity contribution is -0.992. The number of rotatable bonds is 5. The zero-order valence-electron chi connectivity index (χ0n) is 17.8. The molecule has 2 aromatic rings. The first-order chi connectivity index (χ1) is 15.6. The monoisotopic (exact) mass is 478 g/mol. The van der Waals surface area contributed by atoms with Crippen molar-refractivity contribution in [2.75, 3.05) is 19.5 Å². The minimum atomic E-state index is -1.83. The number of carbonyl (C=O) groups excluding carboxylic acids is 2. The quantitative estimate of drug-likeness (QED) is 0.443. The Bertz CT molecular complexity index is 1200. The Hall–Kier alpha value is -3.18. The van der Waals surface area contributed by atoms with Gasteiger partial charge in [-0.2, -0.15) is 5.23 Å². The van der Waals surface area contributed by atoms with Crippen molar-refractivity contribution < 1.29 is 38.6 Å². The van der Waals surface area contributed by atoms with Crippen LogP contribution in [0.4, 0.5) is 15.8 Å². The van der Waals surface area contributed by atoms with Crippen molar-refractivity contribution in [1.82, 2.24) is 0 Å². The van der Waals surface area contributed by atoms with Crippen molar-refractivity contribution >= 4 is 34.5 Å². The van der Waals surface area contributed by atoms with Gasteiger partial charge in [-0.1, -0.05) is 18.5 Å².